The summed E-state index contributed by atoms with van der Waals surface area (Å²) >= 11 is 0. The molecule has 0 unspecified atom stereocenters. The molecule has 0 atom stereocenters. The lowest BCUT2D eigenvalue weighted by Crippen LogP contribution is -2.14. The Morgan fingerprint density at radius 2 is 1.53 bits per heavy atom. The molecule has 1 aliphatic heterocycles. The molecule has 15 heavy (non-hydrogen) atoms. The fraction of sp³-hybridized carbons (Fsp3) is 0.0909. The fourth-order valence-electron chi connectivity index (χ4n) is 1.77. The normalized spacial score (nSPS) is 13.9. The summed E-state index contributed by atoms with van der Waals surface area (Å²) in [6, 6.07) is 7.34. The topological polar surface area (TPSA) is 58.0 Å². The third-order valence-corrected chi connectivity index (χ3v) is 2.50. The maximum atomic E-state index is 10.1. The van der Waals surface area contributed by atoms with E-state index in [0.29, 0.717) is 11.6 Å². The van der Waals surface area contributed by atoms with Gasteiger partial charge in [0.1, 0.15) is 17.7 Å². The third kappa shape index (κ3) is 1.19. The molecule has 0 saturated heterocycles. The van der Waals surface area contributed by atoms with Crippen LogP contribution >= 0.6 is 0 Å². The van der Waals surface area contributed by atoms with Crippen LogP contribution in [0.2, 0.25) is 0 Å². The second kappa shape index (κ2) is 3.03. The molecule has 2 aromatic heterocycles. The summed E-state index contributed by atoms with van der Waals surface area (Å²) < 4.78 is 0. The molecule has 0 saturated carbocycles. The van der Waals surface area contributed by atoms with Crippen molar-refractivity contribution in [1.29, 1.82) is 0 Å². The molecule has 4 nitrogen and oxygen atoms in total. The summed E-state index contributed by atoms with van der Waals surface area (Å²) in [4.78, 5) is 8.31. The molecule has 0 spiro atoms. The van der Waals surface area contributed by atoms with E-state index in [1.54, 1.807) is 12.4 Å². The quantitative estimate of drug-likeness (QED) is 0.676. The van der Waals surface area contributed by atoms with E-state index in [9.17, 15) is 5.11 Å². The highest BCUT2D eigenvalue weighted by Gasteiger charge is 2.24. The highest BCUT2D eigenvalue weighted by Crippen LogP contribution is 2.36. The zero-order valence-electron chi connectivity index (χ0n) is 7.88. The summed E-state index contributed by atoms with van der Waals surface area (Å²) in [7, 11) is 0. The Hall–Kier alpha value is -1.94. The smallest absolute Gasteiger partial charge is 0.137 e. The van der Waals surface area contributed by atoms with Crippen molar-refractivity contribution >= 4 is 11.6 Å². The maximum Gasteiger partial charge on any atom is 0.137 e. The van der Waals surface area contributed by atoms with Crippen LogP contribution in [-0.4, -0.2) is 15.1 Å². The Morgan fingerprint density at radius 3 is 2.07 bits per heavy atom. The van der Waals surface area contributed by atoms with Crippen LogP contribution in [0.15, 0.2) is 36.7 Å². The average Bonchev–Trinajstić information content (AvgIpc) is 2.30. The molecule has 0 fully saturated rings. The summed E-state index contributed by atoms with van der Waals surface area (Å²) in [5.41, 5.74) is 1.58. The number of hydrogen-bond donors (Lipinski definition) is 2. The minimum atomic E-state index is -0.640. The molecule has 2 aromatic rings. The van der Waals surface area contributed by atoms with Gasteiger partial charge in [-0.05, 0) is 12.1 Å². The molecule has 0 aliphatic carbocycles. The summed E-state index contributed by atoms with van der Waals surface area (Å²) in [5, 5.41) is 13.2. The number of nitrogens with zero attached hydrogens (tertiary/aromatic N) is 2. The number of rotatable bonds is 0. The van der Waals surface area contributed by atoms with Gasteiger partial charge in [-0.15, -0.1) is 0 Å². The van der Waals surface area contributed by atoms with Gasteiger partial charge in [0.15, 0.2) is 0 Å². The van der Waals surface area contributed by atoms with Crippen molar-refractivity contribution in [3.63, 3.8) is 0 Å². The third-order valence-electron chi connectivity index (χ3n) is 2.50. The number of anilines is 2. The zero-order valence-corrected chi connectivity index (χ0v) is 7.88. The molecule has 0 aromatic carbocycles. The molecule has 3 rings (SSSR count). The fourth-order valence-corrected chi connectivity index (χ4v) is 1.77. The second-order valence-corrected chi connectivity index (χ2v) is 3.41. The van der Waals surface area contributed by atoms with E-state index >= 15 is 0 Å². The van der Waals surface area contributed by atoms with Gasteiger partial charge in [-0.2, -0.15) is 0 Å². The van der Waals surface area contributed by atoms with Crippen LogP contribution in [0.3, 0.4) is 0 Å². The van der Waals surface area contributed by atoms with E-state index in [1.165, 1.54) is 0 Å². The lowest BCUT2D eigenvalue weighted by Gasteiger charge is -2.23. The molecule has 74 valence electrons. The first-order valence-corrected chi connectivity index (χ1v) is 4.71. The van der Waals surface area contributed by atoms with Crippen molar-refractivity contribution in [3.05, 3.63) is 47.8 Å². The summed E-state index contributed by atoms with van der Waals surface area (Å²) in [6.07, 6.45) is 2.73. The number of pyridine rings is 2. The van der Waals surface area contributed by atoms with Gasteiger partial charge in [-0.1, -0.05) is 12.1 Å². The maximum absolute atomic E-state index is 10.1. The highest BCUT2D eigenvalue weighted by molar-refractivity contribution is 5.66. The number of aromatic nitrogens is 2. The molecule has 3 heterocycles. The van der Waals surface area contributed by atoms with E-state index in [0.717, 1.165) is 11.1 Å². The lowest BCUT2D eigenvalue weighted by atomic mass is 10.00. The van der Waals surface area contributed by atoms with Crippen molar-refractivity contribution in [2.75, 3.05) is 5.32 Å². The van der Waals surface area contributed by atoms with Crippen LogP contribution < -0.4 is 5.32 Å². The molecule has 2 N–H and O–H groups in total. The van der Waals surface area contributed by atoms with Gasteiger partial charge in [0, 0.05) is 23.5 Å². The number of hydrogen-bond acceptors (Lipinski definition) is 4. The zero-order chi connectivity index (χ0) is 10.3. The molecule has 4 heteroatoms. The van der Waals surface area contributed by atoms with Gasteiger partial charge in [0.05, 0.1) is 0 Å². The average molecular weight is 199 g/mol. The second-order valence-electron chi connectivity index (χ2n) is 3.41. The minimum Gasteiger partial charge on any atom is -0.383 e. The monoisotopic (exact) mass is 199 g/mol. The minimum absolute atomic E-state index is 0.640. The number of aliphatic hydroxyl groups is 1. The molecular formula is C11H9N3O. The Balaban J connectivity index is 2.20. The van der Waals surface area contributed by atoms with Crippen LogP contribution in [-0.2, 0) is 0 Å². The number of fused-ring (bicyclic) bond motifs is 2. The van der Waals surface area contributed by atoms with E-state index < -0.39 is 6.10 Å². The van der Waals surface area contributed by atoms with Crippen molar-refractivity contribution < 1.29 is 5.11 Å². The first-order chi connectivity index (χ1) is 7.36. The predicted octanol–water partition coefficient (Wildman–Crippen LogP) is 1.62. The van der Waals surface area contributed by atoms with Gasteiger partial charge in [-0.25, -0.2) is 9.97 Å². The van der Waals surface area contributed by atoms with E-state index in [2.05, 4.69) is 15.3 Å². The SMILES string of the molecule is OC1c2cccnc2Nc2ncccc21. The molecule has 0 amide bonds. The van der Waals surface area contributed by atoms with Crippen molar-refractivity contribution in [2.24, 2.45) is 0 Å². The summed E-state index contributed by atoms with van der Waals surface area (Å²) in [5.74, 6) is 1.35. The van der Waals surface area contributed by atoms with Gasteiger partial charge in [0.25, 0.3) is 0 Å². The standard InChI is InChI=1S/C11H9N3O/c15-9-7-3-1-5-12-10(7)14-11-8(9)4-2-6-13-11/h1-6,9,15H,(H,12,13,14). The molecule has 1 aliphatic rings. The van der Waals surface area contributed by atoms with Gasteiger partial charge in [-0.3, -0.25) is 0 Å². The summed E-state index contributed by atoms with van der Waals surface area (Å²) in [6.45, 7) is 0. The van der Waals surface area contributed by atoms with E-state index in [1.807, 2.05) is 24.3 Å². The van der Waals surface area contributed by atoms with Crippen molar-refractivity contribution in [3.8, 4) is 0 Å². The molecule has 0 bridgehead atoms. The highest BCUT2D eigenvalue weighted by atomic mass is 16.3. The van der Waals surface area contributed by atoms with Crippen LogP contribution in [0.5, 0.6) is 0 Å². The Kier molecular flexibility index (Phi) is 1.69. The predicted molar refractivity (Wildman–Crippen MR) is 55.8 cm³/mol. The van der Waals surface area contributed by atoms with Crippen LogP contribution in [0, 0.1) is 0 Å². The first kappa shape index (κ1) is 8.38. The van der Waals surface area contributed by atoms with Gasteiger partial charge < -0.3 is 10.4 Å². The molecular weight excluding hydrogens is 190 g/mol. The Morgan fingerprint density at radius 1 is 1.00 bits per heavy atom. The van der Waals surface area contributed by atoms with Crippen LogP contribution in [0.25, 0.3) is 0 Å². The number of aliphatic hydroxyl groups excluding tert-OH is 1. The van der Waals surface area contributed by atoms with Gasteiger partial charge in [0.2, 0.25) is 0 Å². The van der Waals surface area contributed by atoms with Crippen molar-refractivity contribution in [2.45, 2.75) is 6.10 Å². The van der Waals surface area contributed by atoms with Gasteiger partial charge >= 0.3 is 0 Å². The largest absolute Gasteiger partial charge is 0.383 e. The first-order valence-electron chi connectivity index (χ1n) is 4.71. The van der Waals surface area contributed by atoms with Crippen LogP contribution in [0.4, 0.5) is 11.6 Å². The van der Waals surface area contributed by atoms with Crippen molar-refractivity contribution in [1.82, 2.24) is 9.97 Å². The van der Waals surface area contributed by atoms with Crippen LogP contribution in [0.1, 0.15) is 17.2 Å². The Labute approximate surface area is 86.6 Å². The van der Waals surface area contributed by atoms with E-state index in [4.69, 9.17) is 0 Å². The lowest BCUT2D eigenvalue weighted by molar-refractivity contribution is 0.219. The Bertz CT molecular complexity index is 467. The molecule has 0 radical (unpaired) electrons. The number of nitrogens with one attached hydrogen (secondary N) is 1. The van der Waals surface area contributed by atoms with E-state index in [-0.39, 0.29) is 0 Å².